The summed E-state index contributed by atoms with van der Waals surface area (Å²) < 4.78 is 8.08. The molecule has 0 heterocycles. The third-order valence-electron chi connectivity index (χ3n) is 5.18. The smallest absolute Gasteiger partial charge is 0.438 e. The molecular weight excluding hydrogens is 460 g/mol. The van der Waals surface area contributed by atoms with Crippen LogP contribution in [0.1, 0.15) is 62.3 Å². The highest BCUT2D eigenvalue weighted by atomic mass is 16.7. The van der Waals surface area contributed by atoms with Crippen molar-refractivity contribution in [1.29, 1.82) is 0 Å². The number of ketones is 1. The maximum Gasteiger partial charge on any atom is 0.507 e. The van der Waals surface area contributed by atoms with E-state index in [0.717, 1.165) is 22.3 Å². The summed E-state index contributed by atoms with van der Waals surface area (Å²) in [6.07, 6.45) is 16.5. The molecule has 1 unspecified atom stereocenters. The molecule has 0 saturated carbocycles. The predicted molar refractivity (Wildman–Crippen MR) is 164 cm³/mol. The van der Waals surface area contributed by atoms with Crippen LogP contribution in [0.15, 0.2) is 110 Å². The Morgan fingerprint density at radius 1 is 0.784 bits per heavy atom. The SMILES string of the molecule is C=C.C=C/C=C(\C=C/C)C1(C(/C=C\C)=C/C)C(=O)C(C)(C)C(C=C)=C1C=C.CC.CC.COC(=O)OC. The monoisotopic (exact) mass is 512 g/mol. The molecule has 0 fully saturated rings. The third-order valence-corrected chi connectivity index (χ3v) is 5.18. The lowest BCUT2D eigenvalue weighted by molar-refractivity contribution is -0.128. The van der Waals surface area contributed by atoms with E-state index in [9.17, 15) is 9.59 Å². The molecule has 0 N–H and O–H groups in total. The third kappa shape index (κ3) is 9.87. The Morgan fingerprint density at radius 3 is 1.46 bits per heavy atom. The van der Waals surface area contributed by atoms with Gasteiger partial charge in [-0.15, -0.1) is 13.2 Å². The van der Waals surface area contributed by atoms with E-state index in [1.165, 1.54) is 14.2 Å². The van der Waals surface area contributed by atoms with Crippen LogP contribution in [0.4, 0.5) is 4.79 Å². The quantitative estimate of drug-likeness (QED) is 0.193. The van der Waals surface area contributed by atoms with E-state index in [-0.39, 0.29) is 5.78 Å². The number of carbonyl (C=O) groups excluding carboxylic acids is 2. The minimum atomic E-state index is -0.906. The van der Waals surface area contributed by atoms with Crippen molar-refractivity contribution in [3.63, 3.8) is 0 Å². The van der Waals surface area contributed by atoms with Crippen molar-refractivity contribution < 1.29 is 19.1 Å². The molecule has 208 valence electrons. The average molecular weight is 513 g/mol. The number of hydrogen-bond donors (Lipinski definition) is 0. The van der Waals surface area contributed by atoms with Crippen molar-refractivity contribution in [2.75, 3.05) is 14.2 Å². The van der Waals surface area contributed by atoms with Crippen LogP contribution < -0.4 is 0 Å². The highest BCUT2D eigenvalue weighted by molar-refractivity contribution is 6.06. The number of Topliss-reactive ketones (excluding diaryl/α,β-unsaturated/α-hetero) is 1. The maximum atomic E-state index is 13.8. The summed E-state index contributed by atoms with van der Waals surface area (Å²) in [5.74, 6) is 0.127. The fraction of sp³-hybridized carbons (Fsp3) is 0.394. The van der Waals surface area contributed by atoms with Crippen molar-refractivity contribution in [3.05, 3.63) is 110 Å². The minimum absolute atomic E-state index is 0.127. The molecule has 0 aromatic rings. The van der Waals surface area contributed by atoms with Crippen molar-refractivity contribution in [1.82, 2.24) is 0 Å². The Bertz CT molecular complexity index is 870. The van der Waals surface area contributed by atoms with Crippen LogP contribution in [0, 0.1) is 10.8 Å². The highest BCUT2D eigenvalue weighted by Gasteiger charge is 2.58. The first-order chi connectivity index (χ1) is 17.6. The highest BCUT2D eigenvalue weighted by Crippen LogP contribution is 2.58. The Balaban J connectivity index is -0.000000385. The molecule has 0 spiro atoms. The van der Waals surface area contributed by atoms with Crippen LogP contribution >= 0.6 is 0 Å². The summed E-state index contributed by atoms with van der Waals surface area (Å²) >= 11 is 0. The van der Waals surface area contributed by atoms with Gasteiger partial charge in [0, 0.05) is 0 Å². The normalized spacial score (nSPS) is 18.1. The molecule has 37 heavy (non-hydrogen) atoms. The van der Waals surface area contributed by atoms with Gasteiger partial charge in [-0.3, -0.25) is 4.79 Å². The first kappa shape index (κ1) is 40.8. The lowest BCUT2D eigenvalue weighted by atomic mass is 9.65. The van der Waals surface area contributed by atoms with Crippen LogP contribution in [0.2, 0.25) is 0 Å². The molecule has 1 aliphatic rings. The Hall–Kier alpha value is -3.40. The van der Waals surface area contributed by atoms with Crippen molar-refractivity contribution in [2.45, 2.75) is 62.3 Å². The molecule has 1 atom stereocenters. The zero-order chi connectivity index (χ0) is 30.2. The number of ether oxygens (including phenoxy) is 2. The zero-order valence-electron chi connectivity index (χ0n) is 25.4. The van der Waals surface area contributed by atoms with Gasteiger partial charge in [-0.05, 0) is 56.9 Å². The topological polar surface area (TPSA) is 52.6 Å². The first-order valence-electron chi connectivity index (χ1n) is 12.6. The summed E-state index contributed by atoms with van der Waals surface area (Å²) in [5.41, 5.74) is 2.09. The van der Waals surface area contributed by atoms with E-state index < -0.39 is 17.0 Å². The molecule has 4 nitrogen and oxygen atoms in total. The number of allylic oxidation sites excluding steroid dienone is 13. The van der Waals surface area contributed by atoms with E-state index in [0.29, 0.717) is 0 Å². The first-order valence-corrected chi connectivity index (χ1v) is 12.6. The van der Waals surface area contributed by atoms with E-state index in [2.05, 4.69) is 42.4 Å². The van der Waals surface area contributed by atoms with Gasteiger partial charge in [-0.2, -0.15) is 0 Å². The number of hydrogen-bond acceptors (Lipinski definition) is 4. The molecule has 4 heteroatoms. The summed E-state index contributed by atoms with van der Waals surface area (Å²) in [6.45, 7) is 35.6. The van der Waals surface area contributed by atoms with Gasteiger partial charge in [-0.1, -0.05) is 102 Å². The van der Waals surface area contributed by atoms with Crippen molar-refractivity contribution in [3.8, 4) is 0 Å². The Kier molecular flexibility index (Phi) is 25.4. The molecular formula is C33H52O4. The van der Waals surface area contributed by atoms with Crippen LogP contribution in [-0.2, 0) is 14.3 Å². The standard InChI is InChI=1S/C24H30O.C3H6O3.2C2H6.C2H4/c1-9-15-18(12-4)24(19(16-10-2)17-11-3)21(14-6)20(13-5)23(7,8)22(24)25;1-5-3(4)6-2;3*1-2/h9-17H,2,5-6H2,1,3-4,7-8H3;1-2H3;2*1-2H3;1-2H2/b15-9-,17-11-,18-12+,19-16+;;;;. The second-order valence-electron chi connectivity index (χ2n) is 7.20. The van der Waals surface area contributed by atoms with E-state index in [1.54, 1.807) is 18.2 Å². The van der Waals surface area contributed by atoms with E-state index in [4.69, 9.17) is 0 Å². The fourth-order valence-electron chi connectivity index (χ4n) is 3.93. The molecule has 0 aromatic carbocycles. The molecule has 1 aliphatic carbocycles. The minimum Gasteiger partial charge on any atom is -0.438 e. The Morgan fingerprint density at radius 2 is 1.19 bits per heavy atom. The molecule has 1 rings (SSSR count). The summed E-state index contributed by atoms with van der Waals surface area (Å²) in [6, 6.07) is 0. The lowest BCUT2D eigenvalue weighted by Crippen LogP contribution is -2.38. The Labute approximate surface area is 228 Å². The predicted octanol–water partition coefficient (Wildman–Crippen LogP) is 9.71. The van der Waals surface area contributed by atoms with Crippen molar-refractivity contribution in [2.24, 2.45) is 10.8 Å². The van der Waals surface area contributed by atoms with Gasteiger partial charge in [0.25, 0.3) is 0 Å². The van der Waals surface area contributed by atoms with Crippen molar-refractivity contribution >= 4 is 11.9 Å². The maximum absolute atomic E-state index is 13.8. The van der Waals surface area contributed by atoms with Gasteiger partial charge in [-0.25, -0.2) is 4.79 Å². The molecule has 0 amide bonds. The molecule has 0 saturated heterocycles. The fourth-order valence-corrected chi connectivity index (χ4v) is 3.93. The zero-order valence-corrected chi connectivity index (χ0v) is 25.4. The van der Waals surface area contributed by atoms with Gasteiger partial charge in [0.1, 0.15) is 5.41 Å². The molecule has 0 aromatic heterocycles. The number of carbonyl (C=O) groups is 2. The van der Waals surface area contributed by atoms with Crippen LogP contribution in [0.25, 0.3) is 0 Å². The van der Waals surface area contributed by atoms with E-state index in [1.807, 2.05) is 98.8 Å². The second kappa shape index (κ2) is 23.0. The summed E-state index contributed by atoms with van der Waals surface area (Å²) in [4.78, 5) is 23.6. The second-order valence-corrected chi connectivity index (χ2v) is 7.20. The van der Waals surface area contributed by atoms with Gasteiger partial charge in [0.15, 0.2) is 5.78 Å². The number of rotatable bonds is 7. The van der Waals surface area contributed by atoms with E-state index >= 15 is 0 Å². The van der Waals surface area contributed by atoms with Crippen LogP contribution in [0.5, 0.6) is 0 Å². The number of methoxy groups -OCH3 is 2. The van der Waals surface area contributed by atoms with Gasteiger partial charge < -0.3 is 9.47 Å². The van der Waals surface area contributed by atoms with Crippen LogP contribution in [0.3, 0.4) is 0 Å². The summed E-state index contributed by atoms with van der Waals surface area (Å²) in [7, 11) is 2.51. The molecule has 0 aliphatic heterocycles. The summed E-state index contributed by atoms with van der Waals surface area (Å²) in [5, 5.41) is 0. The van der Waals surface area contributed by atoms with Gasteiger partial charge in [0.2, 0.25) is 0 Å². The lowest BCUT2D eigenvalue weighted by Gasteiger charge is -2.35. The van der Waals surface area contributed by atoms with Crippen LogP contribution in [-0.4, -0.2) is 26.2 Å². The molecule has 0 bridgehead atoms. The average Bonchev–Trinajstić information content (AvgIpc) is 3.12. The molecule has 0 radical (unpaired) electrons. The van der Waals surface area contributed by atoms with Gasteiger partial charge >= 0.3 is 6.16 Å². The van der Waals surface area contributed by atoms with Gasteiger partial charge in [0.05, 0.1) is 19.6 Å². The largest absolute Gasteiger partial charge is 0.507 e.